The highest BCUT2D eigenvalue weighted by atomic mass is 16.3. The Kier molecular flexibility index (Phi) is 3.97. The zero-order valence-corrected chi connectivity index (χ0v) is 15.7. The molecule has 1 saturated carbocycles. The zero-order chi connectivity index (χ0) is 17.8. The molecule has 0 radical (unpaired) electrons. The standard InChI is InChI=1S/C21H30N2O2/c1-20(2,3)15-11-14-13-23(19(24)21(25)7-8-21)10-6-16(14)17(12-15)18-5-4-9-22-18/h11-12,18,22,25H,4-10,13H2,1-3H3/t18-/m0/s1. The van der Waals surface area contributed by atoms with E-state index in [1.54, 1.807) is 0 Å². The summed E-state index contributed by atoms with van der Waals surface area (Å²) in [6.45, 7) is 9.21. The minimum Gasteiger partial charge on any atom is -0.380 e. The number of nitrogens with one attached hydrogen (secondary N) is 1. The molecular weight excluding hydrogens is 312 g/mol. The van der Waals surface area contributed by atoms with Gasteiger partial charge in [0.05, 0.1) is 0 Å². The molecule has 1 saturated heterocycles. The quantitative estimate of drug-likeness (QED) is 0.869. The van der Waals surface area contributed by atoms with Crippen LogP contribution in [0.2, 0.25) is 0 Å². The molecule has 1 aliphatic carbocycles. The van der Waals surface area contributed by atoms with Gasteiger partial charge < -0.3 is 15.3 Å². The molecule has 2 heterocycles. The molecule has 2 aliphatic heterocycles. The van der Waals surface area contributed by atoms with Crippen molar-refractivity contribution in [3.63, 3.8) is 0 Å². The van der Waals surface area contributed by atoms with E-state index in [0.29, 0.717) is 25.4 Å². The van der Waals surface area contributed by atoms with Gasteiger partial charge in [0.1, 0.15) is 5.60 Å². The van der Waals surface area contributed by atoms with E-state index in [1.165, 1.54) is 35.1 Å². The Labute approximate surface area is 150 Å². The van der Waals surface area contributed by atoms with Crippen molar-refractivity contribution < 1.29 is 9.90 Å². The molecular formula is C21H30N2O2. The number of rotatable bonds is 2. The van der Waals surface area contributed by atoms with E-state index < -0.39 is 5.60 Å². The highest BCUT2D eigenvalue weighted by Gasteiger charge is 2.50. The molecule has 136 valence electrons. The summed E-state index contributed by atoms with van der Waals surface area (Å²) in [6, 6.07) is 5.14. The maximum absolute atomic E-state index is 12.6. The summed E-state index contributed by atoms with van der Waals surface area (Å²) in [4.78, 5) is 14.4. The lowest BCUT2D eigenvalue weighted by Crippen LogP contribution is -2.43. The third-order valence-corrected chi connectivity index (χ3v) is 6.08. The van der Waals surface area contributed by atoms with E-state index >= 15 is 0 Å². The second kappa shape index (κ2) is 5.82. The van der Waals surface area contributed by atoms with Crippen molar-refractivity contribution in [1.82, 2.24) is 10.2 Å². The monoisotopic (exact) mass is 342 g/mol. The van der Waals surface area contributed by atoms with Crippen LogP contribution in [0.25, 0.3) is 0 Å². The second-order valence-corrected chi connectivity index (χ2v) is 9.11. The first-order valence-electron chi connectivity index (χ1n) is 9.69. The average Bonchev–Trinajstić information content (AvgIpc) is 3.10. The molecule has 25 heavy (non-hydrogen) atoms. The van der Waals surface area contributed by atoms with E-state index in [1.807, 2.05) is 4.90 Å². The maximum atomic E-state index is 12.6. The minimum atomic E-state index is -1.06. The molecule has 0 spiro atoms. The lowest BCUT2D eigenvalue weighted by Gasteiger charge is -2.34. The van der Waals surface area contributed by atoms with Crippen molar-refractivity contribution in [2.24, 2.45) is 0 Å². The molecule has 2 fully saturated rings. The van der Waals surface area contributed by atoms with Gasteiger partial charge in [-0.3, -0.25) is 4.79 Å². The molecule has 3 aliphatic rings. The molecule has 0 unspecified atom stereocenters. The van der Waals surface area contributed by atoms with Crippen LogP contribution in [0, 0.1) is 0 Å². The van der Waals surface area contributed by atoms with Gasteiger partial charge in [-0.05, 0) is 66.3 Å². The molecule has 4 nitrogen and oxygen atoms in total. The van der Waals surface area contributed by atoms with Gasteiger partial charge in [0, 0.05) is 19.1 Å². The first-order chi connectivity index (χ1) is 11.8. The number of carbonyl (C=O) groups excluding carboxylic acids is 1. The molecule has 4 heteroatoms. The number of fused-ring (bicyclic) bond motifs is 1. The number of hydrogen-bond acceptors (Lipinski definition) is 3. The molecule has 0 bridgehead atoms. The lowest BCUT2D eigenvalue weighted by molar-refractivity contribution is -0.143. The van der Waals surface area contributed by atoms with Crippen LogP contribution in [0.15, 0.2) is 12.1 Å². The first-order valence-corrected chi connectivity index (χ1v) is 9.69. The summed E-state index contributed by atoms with van der Waals surface area (Å²) in [6.07, 6.45) is 4.57. The maximum Gasteiger partial charge on any atom is 0.254 e. The Morgan fingerprint density at radius 1 is 1.32 bits per heavy atom. The Bertz CT molecular complexity index is 695. The van der Waals surface area contributed by atoms with Gasteiger partial charge in [0.25, 0.3) is 5.91 Å². The zero-order valence-electron chi connectivity index (χ0n) is 15.7. The van der Waals surface area contributed by atoms with Crippen molar-refractivity contribution in [3.8, 4) is 0 Å². The van der Waals surface area contributed by atoms with Gasteiger partial charge in [-0.2, -0.15) is 0 Å². The van der Waals surface area contributed by atoms with Crippen LogP contribution in [0.5, 0.6) is 0 Å². The topological polar surface area (TPSA) is 52.6 Å². The number of hydrogen-bond donors (Lipinski definition) is 2. The molecule has 1 amide bonds. The Hall–Kier alpha value is -1.39. The van der Waals surface area contributed by atoms with Gasteiger partial charge in [0.15, 0.2) is 0 Å². The van der Waals surface area contributed by atoms with Crippen LogP contribution >= 0.6 is 0 Å². The third-order valence-electron chi connectivity index (χ3n) is 6.08. The SMILES string of the molecule is CC(C)(C)c1cc2c(c([C@@H]3CCCN3)c1)CCN(C(=O)C1(O)CC1)C2. The van der Waals surface area contributed by atoms with Crippen LogP contribution in [0.3, 0.4) is 0 Å². The molecule has 4 rings (SSSR count). The molecule has 0 aromatic heterocycles. The van der Waals surface area contributed by atoms with E-state index in [2.05, 4.69) is 38.2 Å². The summed E-state index contributed by atoms with van der Waals surface area (Å²) in [7, 11) is 0. The average molecular weight is 342 g/mol. The number of aliphatic hydroxyl groups is 1. The summed E-state index contributed by atoms with van der Waals surface area (Å²) < 4.78 is 0. The summed E-state index contributed by atoms with van der Waals surface area (Å²) in [5.74, 6) is -0.0696. The lowest BCUT2D eigenvalue weighted by atomic mass is 9.80. The molecule has 1 aromatic rings. The minimum absolute atomic E-state index is 0.0696. The van der Waals surface area contributed by atoms with Crippen molar-refractivity contribution in [2.45, 2.75) is 76.5 Å². The third kappa shape index (κ3) is 3.11. The fraction of sp³-hybridized carbons (Fsp3) is 0.667. The predicted octanol–water partition coefficient (Wildman–Crippen LogP) is 2.82. The number of benzene rings is 1. The first kappa shape index (κ1) is 17.0. The van der Waals surface area contributed by atoms with Crippen LogP contribution in [-0.2, 0) is 23.2 Å². The smallest absolute Gasteiger partial charge is 0.254 e. The van der Waals surface area contributed by atoms with Crippen LogP contribution < -0.4 is 5.32 Å². The Balaban J connectivity index is 1.70. The van der Waals surface area contributed by atoms with Crippen molar-refractivity contribution in [3.05, 3.63) is 34.4 Å². The fourth-order valence-corrected chi connectivity index (χ4v) is 4.23. The van der Waals surface area contributed by atoms with E-state index in [0.717, 1.165) is 19.5 Å². The van der Waals surface area contributed by atoms with Crippen LogP contribution in [0.4, 0.5) is 0 Å². The van der Waals surface area contributed by atoms with Gasteiger partial charge in [-0.1, -0.05) is 32.9 Å². The summed E-state index contributed by atoms with van der Waals surface area (Å²) in [5, 5.41) is 13.9. The van der Waals surface area contributed by atoms with Crippen LogP contribution in [0.1, 0.15) is 74.8 Å². The fourth-order valence-electron chi connectivity index (χ4n) is 4.23. The van der Waals surface area contributed by atoms with Gasteiger partial charge in [-0.25, -0.2) is 0 Å². The van der Waals surface area contributed by atoms with Gasteiger partial charge in [-0.15, -0.1) is 0 Å². The second-order valence-electron chi connectivity index (χ2n) is 9.11. The van der Waals surface area contributed by atoms with Crippen molar-refractivity contribution >= 4 is 5.91 Å². The van der Waals surface area contributed by atoms with Gasteiger partial charge >= 0.3 is 0 Å². The van der Waals surface area contributed by atoms with E-state index in [4.69, 9.17) is 0 Å². The molecule has 2 N–H and O–H groups in total. The largest absolute Gasteiger partial charge is 0.380 e. The molecule has 1 atom stereocenters. The van der Waals surface area contributed by atoms with E-state index in [9.17, 15) is 9.90 Å². The summed E-state index contributed by atoms with van der Waals surface area (Å²) in [5.41, 5.74) is 4.52. The Morgan fingerprint density at radius 2 is 2.08 bits per heavy atom. The molecule has 1 aromatic carbocycles. The van der Waals surface area contributed by atoms with Crippen molar-refractivity contribution in [1.29, 1.82) is 0 Å². The summed E-state index contributed by atoms with van der Waals surface area (Å²) >= 11 is 0. The van der Waals surface area contributed by atoms with E-state index in [-0.39, 0.29) is 11.3 Å². The highest BCUT2D eigenvalue weighted by molar-refractivity contribution is 5.88. The number of nitrogens with zero attached hydrogens (tertiary/aromatic N) is 1. The number of carbonyl (C=O) groups is 1. The van der Waals surface area contributed by atoms with Gasteiger partial charge in [0.2, 0.25) is 0 Å². The highest BCUT2D eigenvalue weighted by Crippen LogP contribution is 2.40. The normalized spacial score (nSPS) is 25.0. The number of amides is 1. The predicted molar refractivity (Wildman–Crippen MR) is 98.4 cm³/mol. The van der Waals surface area contributed by atoms with Crippen LogP contribution in [-0.4, -0.2) is 34.6 Å². The van der Waals surface area contributed by atoms with Crippen molar-refractivity contribution in [2.75, 3.05) is 13.1 Å². The Morgan fingerprint density at radius 3 is 2.68 bits per heavy atom.